The van der Waals surface area contributed by atoms with Gasteiger partial charge in [0.2, 0.25) is 0 Å². The summed E-state index contributed by atoms with van der Waals surface area (Å²) in [7, 11) is 0. The number of carbonyl (C=O) groups is 1. The van der Waals surface area contributed by atoms with Crippen LogP contribution in [-0.2, 0) is 0 Å². The van der Waals surface area contributed by atoms with Crippen molar-refractivity contribution in [1.82, 2.24) is 9.88 Å². The van der Waals surface area contributed by atoms with Gasteiger partial charge in [0, 0.05) is 31.5 Å². The Balaban J connectivity index is 2.12. The van der Waals surface area contributed by atoms with Gasteiger partial charge in [0.15, 0.2) is 5.43 Å². The van der Waals surface area contributed by atoms with Crippen molar-refractivity contribution in [3.63, 3.8) is 0 Å². The van der Waals surface area contributed by atoms with Gasteiger partial charge < -0.3 is 15.6 Å². The summed E-state index contributed by atoms with van der Waals surface area (Å²) in [5.41, 5.74) is 5.63. The summed E-state index contributed by atoms with van der Waals surface area (Å²) in [5, 5.41) is 0. The fraction of sp³-hybridized carbons (Fsp3) is 0.455. The van der Waals surface area contributed by atoms with Crippen LogP contribution < -0.4 is 11.2 Å². The minimum atomic E-state index is -0.267. The van der Waals surface area contributed by atoms with E-state index in [0.717, 1.165) is 6.42 Å². The Morgan fingerprint density at radius 2 is 2.31 bits per heavy atom. The topological polar surface area (TPSA) is 79.2 Å². The lowest BCUT2D eigenvalue weighted by Gasteiger charge is -2.47. The summed E-state index contributed by atoms with van der Waals surface area (Å²) in [6, 6.07) is 1.35. The number of rotatable bonds is 2. The first-order valence-electron chi connectivity index (χ1n) is 5.31. The molecular formula is C11H15N3O2. The molecule has 5 nitrogen and oxygen atoms in total. The minimum Gasteiger partial charge on any atom is -0.367 e. The maximum Gasteiger partial charge on any atom is 0.259 e. The highest BCUT2D eigenvalue weighted by Crippen LogP contribution is 2.22. The first-order chi connectivity index (χ1) is 7.56. The number of aromatic amines is 1. The Morgan fingerprint density at radius 3 is 2.88 bits per heavy atom. The second-order valence-electron chi connectivity index (χ2n) is 4.30. The van der Waals surface area contributed by atoms with E-state index in [4.69, 9.17) is 5.73 Å². The van der Waals surface area contributed by atoms with Gasteiger partial charge in [0.05, 0.1) is 5.54 Å². The zero-order valence-corrected chi connectivity index (χ0v) is 9.19. The lowest BCUT2D eigenvalue weighted by atomic mass is 9.88. The third kappa shape index (κ3) is 1.74. The molecule has 86 valence electrons. The minimum absolute atomic E-state index is 0.181. The normalized spacial score (nSPS) is 18.0. The molecule has 0 saturated carbocycles. The van der Waals surface area contributed by atoms with Gasteiger partial charge in [-0.3, -0.25) is 9.59 Å². The largest absolute Gasteiger partial charge is 0.367 e. The number of likely N-dealkylation sites (tertiary alicyclic amines) is 1. The van der Waals surface area contributed by atoms with Crippen LogP contribution in [0, 0.1) is 0 Å². The Kier molecular flexibility index (Phi) is 2.55. The van der Waals surface area contributed by atoms with E-state index in [-0.39, 0.29) is 22.4 Å². The van der Waals surface area contributed by atoms with Gasteiger partial charge >= 0.3 is 0 Å². The Bertz CT molecular complexity index is 460. The van der Waals surface area contributed by atoms with E-state index in [9.17, 15) is 9.59 Å². The highest BCUT2D eigenvalue weighted by Gasteiger charge is 2.41. The van der Waals surface area contributed by atoms with Gasteiger partial charge in [-0.25, -0.2) is 0 Å². The third-order valence-electron chi connectivity index (χ3n) is 3.06. The van der Waals surface area contributed by atoms with E-state index in [1.165, 1.54) is 18.5 Å². The average Bonchev–Trinajstić information content (AvgIpc) is 2.24. The smallest absolute Gasteiger partial charge is 0.259 e. The lowest BCUT2D eigenvalue weighted by molar-refractivity contribution is 0.0399. The molecule has 0 spiro atoms. The van der Waals surface area contributed by atoms with Crippen molar-refractivity contribution < 1.29 is 4.79 Å². The fourth-order valence-electron chi connectivity index (χ4n) is 1.83. The molecule has 0 bridgehead atoms. The van der Waals surface area contributed by atoms with E-state index < -0.39 is 0 Å². The maximum atomic E-state index is 11.9. The van der Waals surface area contributed by atoms with Gasteiger partial charge in [-0.2, -0.15) is 0 Å². The predicted octanol–water partition coefficient (Wildman–Crippen LogP) is -0.0618. The van der Waals surface area contributed by atoms with Crippen LogP contribution in [-0.4, -0.2) is 34.4 Å². The lowest BCUT2D eigenvalue weighted by Crippen LogP contribution is -2.68. The molecule has 1 aliphatic heterocycles. The number of aromatic nitrogens is 1. The Morgan fingerprint density at radius 1 is 1.62 bits per heavy atom. The number of pyridine rings is 1. The first kappa shape index (κ1) is 10.9. The monoisotopic (exact) mass is 221 g/mol. The number of carbonyl (C=O) groups excluding carboxylic acids is 1. The van der Waals surface area contributed by atoms with E-state index in [1.54, 1.807) is 4.90 Å². The summed E-state index contributed by atoms with van der Waals surface area (Å²) in [6.07, 6.45) is 3.78. The summed E-state index contributed by atoms with van der Waals surface area (Å²) < 4.78 is 0. The average molecular weight is 221 g/mol. The van der Waals surface area contributed by atoms with Crippen LogP contribution in [0.5, 0.6) is 0 Å². The standard InChI is InChI=1S/C11H15N3O2/c1-2-11(12)6-14(7-11)10(16)8-5-13-4-3-9(8)15/h3-5H,2,6-7,12H2,1H3,(H,13,15). The molecule has 0 radical (unpaired) electrons. The number of nitrogens with two attached hydrogens (primary N) is 1. The molecule has 2 heterocycles. The second kappa shape index (κ2) is 3.75. The van der Waals surface area contributed by atoms with E-state index in [1.807, 2.05) is 6.92 Å². The zero-order valence-electron chi connectivity index (χ0n) is 9.19. The van der Waals surface area contributed by atoms with Crippen LogP contribution in [0.15, 0.2) is 23.3 Å². The van der Waals surface area contributed by atoms with Crippen LogP contribution in [0.1, 0.15) is 23.7 Å². The molecule has 1 fully saturated rings. The van der Waals surface area contributed by atoms with Crippen LogP contribution in [0.4, 0.5) is 0 Å². The number of nitrogens with one attached hydrogen (secondary N) is 1. The number of hydrogen-bond donors (Lipinski definition) is 2. The number of H-pyrrole nitrogens is 1. The van der Waals surface area contributed by atoms with Gasteiger partial charge in [0.1, 0.15) is 5.56 Å². The summed E-state index contributed by atoms with van der Waals surface area (Å²) in [5.74, 6) is -0.239. The molecule has 0 aliphatic carbocycles. The molecule has 1 aliphatic rings. The van der Waals surface area contributed by atoms with Gasteiger partial charge in [-0.05, 0) is 6.42 Å². The summed E-state index contributed by atoms with van der Waals surface area (Å²) in [6.45, 7) is 3.05. The molecule has 16 heavy (non-hydrogen) atoms. The molecular weight excluding hydrogens is 206 g/mol. The van der Waals surface area contributed by atoms with Crippen molar-refractivity contribution in [3.05, 3.63) is 34.2 Å². The molecule has 0 unspecified atom stereocenters. The summed E-state index contributed by atoms with van der Waals surface area (Å²) in [4.78, 5) is 27.7. The van der Waals surface area contributed by atoms with E-state index >= 15 is 0 Å². The Hall–Kier alpha value is -1.62. The molecule has 1 aromatic heterocycles. The van der Waals surface area contributed by atoms with Crippen molar-refractivity contribution in [2.75, 3.05) is 13.1 Å². The molecule has 0 aromatic carbocycles. The van der Waals surface area contributed by atoms with Crippen molar-refractivity contribution in [2.45, 2.75) is 18.9 Å². The molecule has 5 heteroatoms. The van der Waals surface area contributed by atoms with Gasteiger partial charge in [-0.15, -0.1) is 0 Å². The van der Waals surface area contributed by atoms with E-state index in [0.29, 0.717) is 13.1 Å². The third-order valence-corrected chi connectivity index (χ3v) is 3.06. The van der Waals surface area contributed by atoms with Crippen LogP contribution in [0.25, 0.3) is 0 Å². The number of amides is 1. The predicted molar refractivity (Wildman–Crippen MR) is 60.2 cm³/mol. The quantitative estimate of drug-likeness (QED) is 0.734. The van der Waals surface area contributed by atoms with Crippen molar-refractivity contribution in [2.24, 2.45) is 5.73 Å². The SMILES string of the molecule is CCC1(N)CN(C(=O)c2c[nH]ccc2=O)C1. The van der Waals surface area contributed by atoms with Crippen LogP contribution in [0.3, 0.4) is 0 Å². The molecule has 0 atom stereocenters. The molecule has 1 amide bonds. The molecule has 3 N–H and O–H groups in total. The number of hydrogen-bond acceptors (Lipinski definition) is 3. The summed E-state index contributed by atoms with van der Waals surface area (Å²) >= 11 is 0. The van der Waals surface area contributed by atoms with Crippen molar-refractivity contribution in [1.29, 1.82) is 0 Å². The molecule has 2 rings (SSSR count). The molecule has 1 saturated heterocycles. The highest BCUT2D eigenvalue weighted by molar-refractivity contribution is 5.94. The van der Waals surface area contributed by atoms with E-state index in [2.05, 4.69) is 4.98 Å². The first-order valence-corrected chi connectivity index (χ1v) is 5.31. The number of nitrogens with zero attached hydrogens (tertiary/aromatic N) is 1. The van der Waals surface area contributed by atoms with Crippen molar-refractivity contribution >= 4 is 5.91 Å². The Labute approximate surface area is 93.3 Å². The fourth-order valence-corrected chi connectivity index (χ4v) is 1.83. The zero-order chi connectivity index (χ0) is 11.8. The van der Waals surface area contributed by atoms with Crippen molar-refractivity contribution in [3.8, 4) is 0 Å². The molecule has 1 aromatic rings. The van der Waals surface area contributed by atoms with Crippen LogP contribution in [0.2, 0.25) is 0 Å². The van der Waals surface area contributed by atoms with Crippen LogP contribution >= 0.6 is 0 Å². The highest BCUT2D eigenvalue weighted by atomic mass is 16.2. The van der Waals surface area contributed by atoms with Gasteiger partial charge in [0.25, 0.3) is 5.91 Å². The maximum absolute atomic E-state index is 11.9. The van der Waals surface area contributed by atoms with Gasteiger partial charge in [-0.1, -0.05) is 6.92 Å². The second-order valence-corrected chi connectivity index (χ2v) is 4.30.